The number of nitrogens with two attached hydrogens (primary N) is 1. The van der Waals surface area contributed by atoms with Gasteiger partial charge in [0.1, 0.15) is 5.75 Å². The Hall–Kier alpha value is -2.51. The highest BCUT2D eigenvalue weighted by atomic mass is 16.7. The lowest BCUT2D eigenvalue weighted by molar-refractivity contribution is 0.00578. The van der Waals surface area contributed by atoms with Gasteiger partial charge in [0, 0.05) is 5.56 Å². The molecular weight excluding hydrogens is 343 g/mol. The summed E-state index contributed by atoms with van der Waals surface area (Å²) < 4.78 is 17.3. The van der Waals surface area contributed by atoms with E-state index >= 15 is 0 Å². The van der Waals surface area contributed by atoms with Gasteiger partial charge in [-0.25, -0.2) is 0 Å². The standard InChI is InChI=1S/C20H25BN2O4/c1-19(2)20(3,4)27-21(26-19)14-8-11-16(22)17(12-14)23-18(24)13-6-9-15(25-5)10-7-13/h6-12H,22H2,1-5H3,(H,23,24). The van der Waals surface area contributed by atoms with Crippen LogP contribution in [0.25, 0.3) is 0 Å². The van der Waals surface area contributed by atoms with Crippen molar-refractivity contribution < 1.29 is 18.8 Å². The van der Waals surface area contributed by atoms with Crippen LogP contribution in [0, 0.1) is 0 Å². The average molecular weight is 368 g/mol. The van der Waals surface area contributed by atoms with Crippen molar-refractivity contribution in [1.82, 2.24) is 0 Å². The van der Waals surface area contributed by atoms with Crippen LogP contribution in [0.5, 0.6) is 5.75 Å². The van der Waals surface area contributed by atoms with E-state index in [9.17, 15) is 4.79 Å². The molecule has 0 aliphatic carbocycles. The number of ether oxygens (including phenoxy) is 1. The molecule has 142 valence electrons. The summed E-state index contributed by atoms with van der Waals surface area (Å²) in [6.07, 6.45) is 0. The lowest BCUT2D eigenvalue weighted by atomic mass is 9.79. The van der Waals surface area contributed by atoms with E-state index in [0.29, 0.717) is 22.7 Å². The zero-order valence-corrected chi connectivity index (χ0v) is 16.3. The van der Waals surface area contributed by atoms with Gasteiger partial charge >= 0.3 is 7.12 Å². The number of methoxy groups -OCH3 is 1. The van der Waals surface area contributed by atoms with Crippen LogP contribution in [0.15, 0.2) is 42.5 Å². The summed E-state index contributed by atoms with van der Waals surface area (Å²) in [5.74, 6) is 0.434. The molecule has 3 N–H and O–H groups in total. The molecule has 7 heteroatoms. The Morgan fingerprint density at radius 3 is 2.19 bits per heavy atom. The first kappa shape index (κ1) is 19.3. The topological polar surface area (TPSA) is 82.8 Å². The molecule has 0 aromatic heterocycles. The monoisotopic (exact) mass is 368 g/mol. The third kappa shape index (κ3) is 3.79. The van der Waals surface area contributed by atoms with Gasteiger partial charge in [0.25, 0.3) is 5.91 Å². The smallest absolute Gasteiger partial charge is 0.494 e. The summed E-state index contributed by atoms with van der Waals surface area (Å²) in [5.41, 5.74) is 7.47. The van der Waals surface area contributed by atoms with Crippen molar-refractivity contribution in [1.29, 1.82) is 0 Å². The van der Waals surface area contributed by atoms with E-state index in [0.717, 1.165) is 5.46 Å². The minimum absolute atomic E-state index is 0.254. The van der Waals surface area contributed by atoms with Gasteiger partial charge in [-0.05, 0) is 69.6 Å². The highest BCUT2D eigenvalue weighted by Crippen LogP contribution is 2.36. The highest BCUT2D eigenvalue weighted by Gasteiger charge is 2.51. The molecule has 0 bridgehead atoms. The molecule has 1 saturated heterocycles. The molecule has 3 rings (SSSR count). The Bertz CT molecular complexity index is 834. The number of hydrogen-bond acceptors (Lipinski definition) is 5. The number of hydrogen-bond donors (Lipinski definition) is 2. The summed E-state index contributed by atoms with van der Waals surface area (Å²) in [4.78, 5) is 12.5. The Morgan fingerprint density at radius 2 is 1.63 bits per heavy atom. The van der Waals surface area contributed by atoms with Crippen LogP contribution in [0.1, 0.15) is 38.1 Å². The molecule has 1 aliphatic rings. The fraction of sp³-hybridized carbons (Fsp3) is 0.350. The van der Waals surface area contributed by atoms with E-state index in [1.165, 1.54) is 0 Å². The normalized spacial score (nSPS) is 17.6. The first-order chi connectivity index (χ1) is 12.6. The average Bonchev–Trinajstić information content (AvgIpc) is 2.84. The third-order valence-electron chi connectivity index (χ3n) is 5.20. The minimum atomic E-state index is -0.521. The van der Waals surface area contributed by atoms with Crippen molar-refractivity contribution in [3.05, 3.63) is 48.0 Å². The minimum Gasteiger partial charge on any atom is -0.497 e. The van der Waals surface area contributed by atoms with E-state index in [-0.39, 0.29) is 5.91 Å². The number of nitrogen functional groups attached to an aromatic ring is 1. The van der Waals surface area contributed by atoms with Gasteiger partial charge in [-0.3, -0.25) is 4.79 Å². The maximum atomic E-state index is 12.5. The molecule has 2 aromatic rings. The third-order valence-corrected chi connectivity index (χ3v) is 5.20. The van der Waals surface area contributed by atoms with E-state index in [4.69, 9.17) is 19.8 Å². The van der Waals surface area contributed by atoms with Gasteiger partial charge in [0.15, 0.2) is 0 Å². The van der Waals surface area contributed by atoms with E-state index in [2.05, 4.69) is 5.32 Å². The molecule has 0 unspecified atom stereocenters. The van der Waals surface area contributed by atoms with Gasteiger partial charge in [-0.2, -0.15) is 0 Å². The van der Waals surface area contributed by atoms with Crippen LogP contribution in [0.4, 0.5) is 11.4 Å². The molecule has 2 aromatic carbocycles. The first-order valence-corrected chi connectivity index (χ1v) is 8.83. The molecule has 1 amide bonds. The summed E-state index contributed by atoms with van der Waals surface area (Å²) >= 11 is 0. The van der Waals surface area contributed by atoms with Crippen LogP contribution in [-0.2, 0) is 9.31 Å². The molecule has 1 heterocycles. The Kier molecular flexibility index (Phi) is 4.93. The Morgan fingerprint density at radius 1 is 1.04 bits per heavy atom. The highest BCUT2D eigenvalue weighted by molar-refractivity contribution is 6.62. The van der Waals surface area contributed by atoms with Crippen LogP contribution in [-0.4, -0.2) is 31.3 Å². The van der Waals surface area contributed by atoms with Gasteiger partial charge in [-0.1, -0.05) is 6.07 Å². The molecule has 0 atom stereocenters. The maximum Gasteiger partial charge on any atom is 0.494 e. The quantitative estimate of drug-likeness (QED) is 0.641. The van der Waals surface area contributed by atoms with E-state index in [1.807, 2.05) is 33.8 Å². The van der Waals surface area contributed by atoms with Crippen LogP contribution in [0.2, 0.25) is 0 Å². The maximum absolute atomic E-state index is 12.5. The Balaban J connectivity index is 1.80. The van der Waals surface area contributed by atoms with Crippen LogP contribution < -0.4 is 21.3 Å². The fourth-order valence-corrected chi connectivity index (χ4v) is 2.74. The second kappa shape index (κ2) is 6.90. The zero-order chi connectivity index (χ0) is 19.8. The molecule has 0 saturated carbocycles. The SMILES string of the molecule is COc1ccc(C(=O)Nc2cc(B3OC(C)(C)C(C)(C)O3)ccc2N)cc1. The summed E-state index contributed by atoms with van der Waals surface area (Å²) in [7, 11) is 1.06. The molecule has 27 heavy (non-hydrogen) atoms. The number of nitrogens with one attached hydrogen (secondary N) is 1. The molecule has 0 radical (unpaired) electrons. The number of benzene rings is 2. The van der Waals surface area contributed by atoms with Crippen molar-refractivity contribution in [3.8, 4) is 5.75 Å². The fourth-order valence-electron chi connectivity index (χ4n) is 2.74. The summed E-state index contributed by atoms with van der Waals surface area (Å²) in [5, 5.41) is 2.85. The largest absolute Gasteiger partial charge is 0.497 e. The van der Waals surface area contributed by atoms with Crippen molar-refractivity contribution in [3.63, 3.8) is 0 Å². The lowest BCUT2D eigenvalue weighted by Gasteiger charge is -2.32. The van der Waals surface area contributed by atoms with Crippen molar-refractivity contribution in [2.75, 3.05) is 18.2 Å². The van der Waals surface area contributed by atoms with Crippen molar-refractivity contribution in [2.45, 2.75) is 38.9 Å². The zero-order valence-electron chi connectivity index (χ0n) is 16.3. The number of carbonyl (C=O) groups excluding carboxylic acids is 1. The van der Waals surface area contributed by atoms with Gasteiger partial charge in [0.05, 0.1) is 29.7 Å². The first-order valence-electron chi connectivity index (χ1n) is 8.83. The molecule has 1 aliphatic heterocycles. The lowest BCUT2D eigenvalue weighted by Crippen LogP contribution is -2.41. The van der Waals surface area contributed by atoms with Crippen molar-refractivity contribution >= 4 is 29.9 Å². The second-order valence-corrected chi connectivity index (χ2v) is 7.62. The van der Waals surface area contributed by atoms with Gasteiger partial charge in [-0.15, -0.1) is 0 Å². The summed E-state index contributed by atoms with van der Waals surface area (Å²) in [6, 6.07) is 12.2. The molecule has 1 fully saturated rings. The number of carbonyl (C=O) groups is 1. The molecular formula is C20H25BN2O4. The van der Waals surface area contributed by atoms with E-state index in [1.54, 1.807) is 43.5 Å². The number of anilines is 2. The second-order valence-electron chi connectivity index (χ2n) is 7.62. The van der Waals surface area contributed by atoms with Crippen molar-refractivity contribution in [2.24, 2.45) is 0 Å². The van der Waals surface area contributed by atoms with Crippen LogP contribution in [0.3, 0.4) is 0 Å². The summed E-state index contributed by atoms with van der Waals surface area (Å²) in [6.45, 7) is 7.99. The molecule has 0 spiro atoms. The predicted molar refractivity (Wildman–Crippen MR) is 108 cm³/mol. The van der Waals surface area contributed by atoms with E-state index < -0.39 is 18.3 Å². The molecule has 6 nitrogen and oxygen atoms in total. The van der Waals surface area contributed by atoms with Crippen LogP contribution >= 0.6 is 0 Å². The van der Waals surface area contributed by atoms with Gasteiger partial charge < -0.3 is 25.1 Å². The number of rotatable bonds is 4. The number of amides is 1. The Labute approximate surface area is 160 Å². The predicted octanol–water partition coefficient (Wildman–Crippen LogP) is 2.83. The van der Waals surface area contributed by atoms with Gasteiger partial charge in [0.2, 0.25) is 0 Å².